The molecule has 0 aliphatic heterocycles. The van der Waals surface area contributed by atoms with Crippen molar-refractivity contribution in [3.8, 4) is 36.2 Å². The number of benzene rings is 2. The van der Waals surface area contributed by atoms with E-state index in [4.69, 9.17) is 27.1 Å². The van der Waals surface area contributed by atoms with Gasteiger partial charge in [0.15, 0.2) is 11.5 Å². The van der Waals surface area contributed by atoms with E-state index in [0.29, 0.717) is 30.9 Å². The number of nitrogens with one attached hydrogen (secondary N) is 1. The first-order valence-corrected chi connectivity index (χ1v) is 9.37. The summed E-state index contributed by atoms with van der Waals surface area (Å²) in [6.07, 6.45) is 10.6. The molecular formula is C24H24FNO4. The third-order valence-corrected chi connectivity index (χ3v) is 4.25. The largest absolute Gasteiger partial charge is 0.493 e. The highest BCUT2D eigenvalue weighted by Gasteiger charge is 2.19. The monoisotopic (exact) mass is 409 g/mol. The second kappa shape index (κ2) is 12.2. The van der Waals surface area contributed by atoms with Gasteiger partial charge >= 0.3 is 0 Å². The minimum absolute atomic E-state index is 0.00952. The molecule has 0 aromatic heterocycles. The first-order chi connectivity index (χ1) is 14.6. The molecule has 0 bridgehead atoms. The van der Waals surface area contributed by atoms with Gasteiger partial charge in [0.05, 0.1) is 7.11 Å². The fourth-order valence-electron chi connectivity index (χ4n) is 2.76. The number of carbonyl (C=O) groups is 1. The number of halogens is 1. The number of amides is 1. The Morgan fingerprint density at radius 3 is 2.43 bits per heavy atom. The Bertz CT molecular complexity index is 912. The average molecular weight is 409 g/mol. The number of carbonyl (C=O) groups excluding carboxylic acids is 1. The van der Waals surface area contributed by atoms with Crippen LogP contribution in [0.25, 0.3) is 0 Å². The van der Waals surface area contributed by atoms with E-state index in [2.05, 4.69) is 17.2 Å². The van der Waals surface area contributed by atoms with Crippen LogP contribution in [0.15, 0.2) is 42.5 Å². The van der Waals surface area contributed by atoms with Gasteiger partial charge < -0.3 is 19.5 Å². The van der Waals surface area contributed by atoms with Gasteiger partial charge in [0.2, 0.25) is 5.91 Å². The van der Waals surface area contributed by atoms with E-state index in [1.165, 1.54) is 12.1 Å². The van der Waals surface area contributed by atoms with Crippen molar-refractivity contribution in [2.45, 2.75) is 18.9 Å². The summed E-state index contributed by atoms with van der Waals surface area (Å²) in [6, 6.07) is 11.4. The van der Waals surface area contributed by atoms with Gasteiger partial charge in [0, 0.05) is 13.0 Å². The number of terminal acetylenes is 2. The summed E-state index contributed by atoms with van der Waals surface area (Å²) in [6.45, 7) is 0.556. The Hall–Kier alpha value is -3.48. The molecule has 1 unspecified atom stereocenters. The van der Waals surface area contributed by atoms with Crippen molar-refractivity contribution in [3.05, 3.63) is 59.4 Å². The van der Waals surface area contributed by atoms with Crippen LogP contribution in [-0.4, -0.2) is 38.9 Å². The molecule has 0 radical (unpaired) electrons. The lowest BCUT2D eigenvalue weighted by Gasteiger charge is -2.17. The van der Waals surface area contributed by atoms with Gasteiger partial charge in [-0.25, -0.2) is 4.39 Å². The van der Waals surface area contributed by atoms with Crippen LogP contribution < -0.4 is 14.8 Å². The average Bonchev–Trinajstić information content (AvgIpc) is 2.76. The van der Waals surface area contributed by atoms with Crippen LogP contribution >= 0.6 is 0 Å². The molecule has 0 heterocycles. The zero-order chi connectivity index (χ0) is 21.8. The van der Waals surface area contributed by atoms with Crippen LogP contribution in [0.4, 0.5) is 4.39 Å². The van der Waals surface area contributed by atoms with Crippen molar-refractivity contribution >= 4 is 5.91 Å². The van der Waals surface area contributed by atoms with Gasteiger partial charge in [0.1, 0.15) is 25.1 Å². The maximum Gasteiger partial charge on any atom is 0.249 e. The van der Waals surface area contributed by atoms with E-state index in [0.717, 1.165) is 11.1 Å². The molecule has 0 saturated heterocycles. The van der Waals surface area contributed by atoms with Crippen molar-refractivity contribution < 1.29 is 23.4 Å². The molecule has 0 saturated carbocycles. The van der Waals surface area contributed by atoms with E-state index < -0.39 is 6.10 Å². The molecule has 0 fully saturated rings. The Morgan fingerprint density at radius 2 is 1.77 bits per heavy atom. The third kappa shape index (κ3) is 7.16. The Labute approximate surface area is 176 Å². The maximum absolute atomic E-state index is 13.1. The third-order valence-electron chi connectivity index (χ3n) is 4.25. The number of rotatable bonds is 11. The van der Waals surface area contributed by atoms with Crippen molar-refractivity contribution in [2.24, 2.45) is 0 Å². The molecule has 0 aliphatic carbocycles. The lowest BCUT2D eigenvalue weighted by atomic mass is 10.1. The second-order valence-electron chi connectivity index (χ2n) is 6.35. The van der Waals surface area contributed by atoms with Crippen LogP contribution in [0, 0.1) is 30.5 Å². The van der Waals surface area contributed by atoms with Crippen molar-refractivity contribution in [3.63, 3.8) is 0 Å². The van der Waals surface area contributed by atoms with E-state index in [9.17, 15) is 9.18 Å². The van der Waals surface area contributed by atoms with Gasteiger partial charge in [-0.1, -0.05) is 30.0 Å². The topological polar surface area (TPSA) is 56.8 Å². The fraction of sp³-hybridized carbons (Fsp3) is 0.292. The summed E-state index contributed by atoms with van der Waals surface area (Å²) < 4.78 is 29.3. The zero-order valence-electron chi connectivity index (χ0n) is 16.8. The van der Waals surface area contributed by atoms with Crippen LogP contribution in [0.2, 0.25) is 0 Å². The van der Waals surface area contributed by atoms with Crippen molar-refractivity contribution in [1.82, 2.24) is 5.32 Å². The summed E-state index contributed by atoms with van der Waals surface area (Å²) in [7, 11) is 1.55. The molecular weight excluding hydrogens is 385 g/mol. The van der Waals surface area contributed by atoms with Crippen LogP contribution in [0.3, 0.4) is 0 Å². The number of methoxy groups -OCH3 is 1. The molecule has 30 heavy (non-hydrogen) atoms. The highest BCUT2D eigenvalue weighted by molar-refractivity contribution is 5.81. The lowest BCUT2D eigenvalue weighted by Crippen LogP contribution is -2.39. The van der Waals surface area contributed by atoms with E-state index in [1.54, 1.807) is 25.3 Å². The fourth-order valence-corrected chi connectivity index (χ4v) is 2.76. The molecule has 2 aromatic rings. The van der Waals surface area contributed by atoms with Gasteiger partial charge in [-0.2, -0.15) is 0 Å². The molecule has 2 rings (SSSR count). The molecule has 2 aromatic carbocycles. The first kappa shape index (κ1) is 22.8. The summed E-state index contributed by atoms with van der Waals surface area (Å²) in [4.78, 5) is 12.6. The normalized spacial score (nSPS) is 11.1. The summed E-state index contributed by atoms with van der Waals surface area (Å²) >= 11 is 0. The predicted molar refractivity (Wildman–Crippen MR) is 113 cm³/mol. The van der Waals surface area contributed by atoms with Crippen molar-refractivity contribution in [2.75, 3.05) is 26.9 Å². The summed E-state index contributed by atoms with van der Waals surface area (Å²) in [5.74, 6) is 5.28. The molecule has 1 atom stereocenters. The van der Waals surface area contributed by atoms with Crippen molar-refractivity contribution in [1.29, 1.82) is 0 Å². The summed E-state index contributed by atoms with van der Waals surface area (Å²) in [5.41, 5.74) is 1.74. The van der Waals surface area contributed by atoms with Crippen LogP contribution in [-0.2, 0) is 22.4 Å². The number of hydrogen-bond donors (Lipinski definition) is 1. The SMILES string of the molecule is C#CCOc1ccc(CCNC(=O)C(Cc2ccc(F)cc2)OCC#C)cc1OC. The first-order valence-electron chi connectivity index (χ1n) is 9.37. The quantitative estimate of drug-likeness (QED) is 0.580. The molecule has 5 nitrogen and oxygen atoms in total. The minimum atomic E-state index is -0.763. The van der Waals surface area contributed by atoms with Crippen LogP contribution in [0.5, 0.6) is 11.5 Å². The molecule has 0 spiro atoms. The van der Waals surface area contributed by atoms with Gasteiger partial charge in [-0.05, 0) is 41.8 Å². The van der Waals surface area contributed by atoms with Crippen LogP contribution in [0.1, 0.15) is 11.1 Å². The van der Waals surface area contributed by atoms with Gasteiger partial charge in [-0.15, -0.1) is 12.8 Å². The maximum atomic E-state index is 13.1. The zero-order valence-corrected chi connectivity index (χ0v) is 16.8. The van der Waals surface area contributed by atoms with E-state index >= 15 is 0 Å². The molecule has 1 amide bonds. The molecule has 6 heteroatoms. The minimum Gasteiger partial charge on any atom is -0.493 e. The predicted octanol–water partition coefficient (Wildman–Crippen LogP) is 2.77. The summed E-state index contributed by atoms with van der Waals surface area (Å²) in [5, 5.41) is 2.85. The van der Waals surface area contributed by atoms with E-state index in [1.807, 2.05) is 12.1 Å². The highest BCUT2D eigenvalue weighted by atomic mass is 19.1. The van der Waals surface area contributed by atoms with Gasteiger partial charge in [-0.3, -0.25) is 4.79 Å². The lowest BCUT2D eigenvalue weighted by molar-refractivity contribution is -0.131. The molecule has 1 N–H and O–H groups in total. The number of hydrogen-bond acceptors (Lipinski definition) is 4. The highest BCUT2D eigenvalue weighted by Crippen LogP contribution is 2.28. The standard InChI is InChI=1S/C24H24FNO4/c1-4-14-29-21-11-8-19(16-22(21)28-3)12-13-26-24(27)23(30-15-5-2)17-18-6-9-20(25)10-7-18/h1-2,6-11,16,23H,12-15,17H2,3H3,(H,26,27). The Kier molecular flexibility index (Phi) is 9.24. The Morgan fingerprint density at radius 1 is 1.07 bits per heavy atom. The molecule has 0 aliphatic rings. The van der Waals surface area contributed by atoms with Gasteiger partial charge in [0.25, 0.3) is 0 Å². The number of ether oxygens (including phenoxy) is 3. The second-order valence-corrected chi connectivity index (χ2v) is 6.35. The smallest absolute Gasteiger partial charge is 0.249 e. The molecule has 156 valence electrons. The van der Waals surface area contributed by atoms with E-state index in [-0.39, 0.29) is 24.9 Å². The Balaban J connectivity index is 1.93.